The Hall–Kier alpha value is -2.47. The van der Waals surface area contributed by atoms with Crippen LogP contribution in [0.1, 0.15) is 18.4 Å². The van der Waals surface area contributed by atoms with Crippen LogP contribution in [0.25, 0.3) is 0 Å². The second kappa shape index (κ2) is 7.61. The molecule has 1 N–H and O–H groups in total. The summed E-state index contributed by atoms with van der Waals surface area (Å²) in [5.41, 5.74) is -0.197. The molecule has 0 unspecified atom stereocenters. The predicted molar refractivity (Wildman–Crippen MR) is 90.6 cm³/mol. The molecular weight excluding hydrogens is 323 g/mol. The minimum Gasteiger partial charge on any atom is -0.491 e. The standard InChI is InChI=1S/C19H21FN2O3/c20-16-2-4-17(5-3-16)25-14-19(24)8-1-11-22(13-19)18(23)12-15-6-9-21-10-7-15/h2-7,9-10,24H,1,8,11-14H2/t19-/m1/s1. The predicted octanol–water partition coefficient (Wildman–Crippen LogP) is 2.20. The first-order valence-electron chi connectivity index (χ1n) is 8.32. The lowest BCUT2D eigenvalue weighted by Crippen LogP contribution is -2.53. The monoisotopic (exact) mass is 344 g/mol. The zero-order valence-corrected chi connectivity index (χ0v) is 13.9. The highest BCUT2D eigenvalue weighted by molar-refractivity contribution is 5.78. The van der Waals surface area contributed by atoms with Crippen molar-refractivity contribution in [2.75, 3.05) is 19.7 Å². The van der Waals surface area contributed by atoms with E-state index in [4.69, 9.17) is 4.74 Å². The first-order chi connectivity index (χ1) is 12.0. The minimum atomic E-state index is -1.10. The van der Waals surface area contributed by atoms with Gasteiger partial charge in [0, 0.05) is 18.9 Å². The lowest BCUT2D eigenvalue weighted by molar-refractivity contribution is -0.139. The molecule has 1 amide bonds. The van der Waals surface area contributed by atoms with E-state index in [9.17, 15) is 14.3 Å². The van der Waals surface area contributed by atoms with E-state index in [2.05, 4.69) is 4.98 Å². The first kappa shape index (κ1) is 17.4. The summed E-state index contributed by atoms with van der Waals surface area (Å²) in [7, 11) is 0. The highest BCUT2D eigenvalue weighted by atomic mass is 19.1. The Morgan fingerprint density at radius 1 is 1.24 bits per heavy atom. The summed E-state index contributed by atoms with van der Waals surface area (Å²) in [6.45, 7) is 0.929. The molecule has 5 nitrogen and oxygen atoms in total. The van der Waals surface area contributed by atoms with Crippen molar-refractivity contribution in [3.63, 3.8) is 0 Å². The second-order valence-corrected chi connectivity index (χ2v) is 6.42. The number of halogens is 1. The topological polar surface area (TPSA) is 62.7 Å². The second-order valence-electron chi connectivity index (χ2n) is 6.42. The summed E-state index contributed by atoms with van der Waals surface area (Å²) in [5, 5.41) is 10.8. The summed E-state index contributed by atoms with van der Waals surface area (Å²) in [6.07, 6.45) is 4.88. The third kappa shape index (κ3) is 4.76. The molecule has 1 aliphatic heterocycles. The lowest BCUT2D eigenvalue weighted by atomic mass is 9.93. The fourth-order valence-electron chi connectivity index (χ4n) is 2.98. The zero-order valence-electron chi connectivity index (χ0n) is 13.9. The molecule has 0 bridgehead atoms. The molecule has 1 aromatic carbocycles. The highest BCUT2D eigenvalue weighted by Crippen LogP contribution is 2.23. The van der Waals surface area contributed by atoms with Crippen LogP contribution in [-0.2, 0) is 11.2 Å². The van der Waals surface area contributed by atoms with Crippen LogP contribution in [0.15, 0.2) is 48.8 Å². The van der Waals surface area contributed by atoms with Gasteiger partial charge >= 0.3 is 0 Å². The fraction of sp³-hybridized carbons (Fsp3) is 0.368. The Morgan fingerprint density at radius 3 is 2.68 bits per heavy atom. The third-order valence-corrected chi connectivity index (χ3v) is 4.33. The van der Waals surface area contributed by atoms with Crippen molar-refractivity contribution in [2.24, 2.45) is 0 Å². The minimum absolute atomic E-state index is 0.0221. The first-order valence-corrected chi connectivity index (χ1v) is 8.32. The molecule has 0 radical (unpaired) electrons. The number of hydrogen-bond acceptors (Lipinski definition) is 4. The van der Waals surface area contributed by atoms with Crippen LogP contribution in [0.4, 0.5) is 4.39 Å². The van der Waals surface area contributed by atoms with Gasteiger partial charge in [-0.3, -0.25) is 9.78 Å². The number of aliphatic hydroxyl groups is 1. The number of benzene rings is 1. The van der Waals surface area contributed by atoms with Gasteiger partial charge in [-0.25, -0.2) is 4.39 Å². The summed E-state index contributed by atoms with van der Waals surface area (Å²) >= 11 is 0. The molecule has 1 fully saturated rings. The molecule has 1 saturated heterocycles. The van der Waals surface area contributed by atoms with Crippen LogP contribution < -0.4 is 4.74 Å². The molecule has 0 saturated carbocycles. The van der Waals surface area contributed by atoms with E-state index in [0.29, 0.717) is 25.1 Å². The highest BCUT2D eigenvalue weighted by Gasteiger charge is 2.36. The number of ether oxygens (including phenoxy) is 1. The SMILES string of the molecule is O=C(Cc1ccncc1)N1CCC[C@](O)(COc2ccc(F)cc2)C1. The normalized spacial score (nSPS) is 20.3. The number of nitrogens with zero attached hydrogens (tertiary/aromatic N) is 2. The number of pyridine rings is 1. The number of β-amino-alcohol motifs (C(OH)–C–C–N with tert-alkyl or cyclic N) is 1. The zero-order chi connectivity index (χ0) is 17.7. The van der Waals surface area contributed by atoms with Gasteiger partial charge < -0.3 is 14.7 Å². The molecule has 1 aliphatic rings. The summed E-state index contributed by atoms with van der Waals surface area (Å²) < 4.78 is 18.5. The van der Waals surface area contributed by atoms with E-state index in [1.54, 1.807) is 17.3 Å². The number of carbonyl (C=O) groups is 1. The van der Waals surface area contributed by atoms with Gasteiger partial charge in [0.2, 0.25) is 5.91 Å². The summed E-state index contributed by atoms with van der Waals surface area (Å²) in [6, 6.07) is 9.29. The number of rotatable bonds is 5. The molecule has 132 valence electrons. The molecular formula is C19H21FN2O3. The number of carbonyl (C=O) groups excluding carboxylic acids is 1. The Morgan fingerprint density at radius 2 is 1.96 bits per heavy atom. The maximum Gasteiger partial charge on any atom is 0.227 e. The van der Waals surface area contributed by atoms with Crippen molar-refractivity contribution in [2.45, 2.75) is 24.9 Å². The molecule has 0 spiro atoms. The summed E-state index contributed by atoms with van der Waals surface area (Å²) in [4.78, 5) is 18.1. The van der Waals surface area contributed by atoms with Gasteiger partial charge in [0.25, 0.3) is 0 Å². The van der Waals surface area contributed by atoms with E-state index < -0.39 is 5.60 Å². The molecule has 1 aromatic heterocycles. The molecule has 3 rings (SSSR count). The van der Waals surface area contributed by atoms with Gasteiger partial charge in [-0.2, -0.15) is 0 Å². The molecule has 6 heteroatoms. The number of hydrogen-bond donors (Lipinski definition) is 1. The van der Waals surface area contributed by atoms with Gasteiger partial charge in [0.1, 0.15) is 23.8 Å². The van der Waals surface area contributed by atoms with Crippen LogP contribution in [0, 0.1) is 5.82 Å². The Kier molecular flexibility index (Phi) is 5.28. The van der Waals surface area contributed by atoms with Crippen LogP contribution in [0.5, 0.6) is 5.75 Å². The van der Waals surface area contributed by atoms with E-state index in [1.807, 2.05) is 12.1 Å². The van der Waals surface area contributed by atoms with Crippen LogP contribution in [-0.4, -0.2) is 46.2 Å². The van der Waals surface area contributed by atoms with E-state index in [-0.39, 0.29) is 31.3 Å². The van der Waals surface area contributed by atoms with E-state index >= 15 is 0 Å². The molecule has 2 heterocycles. The van der Waals surface area contributed by atoms with Gasteiger partial charge in [-0.05, 0) is 54.8 Å². The van der Waals surface area contributed by atoms with Crippen LogP contribution >= 0.6 is 0 Å². The van der Waals surface area contributed by atoms with Crippen LogP contribution in [0.2, 0.25) is 0 Å². The maximum absolute atomic E-state index is 12.9. The smallest absolute Gasteiger partial charge is 0.227 e. The van der Waals surface area contributed by atoms with Crippen molar-refractivity contribution in [3.05, 3.63) is 60.2 Å². The van der Waals surface area contributed by atoms with Crippen molar-refractivity contribution in [1.82, 2.24) is 9.88 Å². The fourth-order valence-corrected chi connectivity index (χ4v) is 2.98. The number of amides is 1. The van der Waals surface area contributed by atoms with Crippen LogP contribution in [0.3, 0.4) is 0 Å². The Bertz CT molecular complexity index is 708. The third-order valence-electron chi connectivity index (χ3n) is 4.33. The van der Waals surface area contributed by atoms with Gasteiger partial charge in [-0.15, -0.1) is 0 Å². The van der Waals surface area contributed by atoms with Gasteiger partial charge in [-0.1, -0.05) is 0 Å². The molecule has 0 aliphatic carbocycles. The Balaban J connectivity index is 1.57. The quantitative estimate of drug-likeness (QED) is 0.903. The van der Waals surface area contributed by atoms with Crippen molar-refractivity contribution in [3.8, 4) is 5.75 Å². The number of likely N-dealkylation sites (tertiary alicyclic amines) is 1. The maximum atomic E-state index is 12.9. The average molecular weight is 344 g/mol. The van der Waals surface area contributed by atoms with Gasteiger partial charge in [0.05, 0.1) is 13.0 Å². The van der Waals surface area contributed by atoms with E-state index in [1.165, 1.54) is 24.3 Å². The average Bonchev–Trinajstić information content (AvgIpc) is 2.62. The van der Waals surface area contributed by atoms with Gasteiger partial charge in [0.15, 0.2) is 0 Å². The Labute approximate surface area is 146 Å². The van der Waals surface area contributed by atoms with E-state index in [0.717, 1.165) is 5.56 Å². The lowest BCUT2D eigenvalue weighted by Gasteiger charge is -2.39. The number of aromatic nitrogens is 1. The number of piperidine rings is 1. The molecule has 2 aromatic rings. The van der Waals surface area contributed by atoms with Crippen molar-refractivity contribution in [1.29, 1.82) is 0 Å². The largest absolute Gasteiger partial charge is 0.491 e. The summed E-state index contributed by atoms with van der Waals surface area (Å²) in [5.74, 6) is 0.137. The van der Waals surface area contributed by atoms with Crippen molar-refractivity contribution >= 4 is 5.91 Å². The van der Waals surface area contributed by atoms with Crippen molar-refractivity contribution < 1.29 is 19.0 Å². The molecule has 1 atom stereocenters. The molecule has 25 heavy (non-hydrogen) atoms.